The van der Waals surface area contributed by atoms with Crippen molar-refractivity contribution in [1.82, 2.24) is 20.2 Å². The second-order valence-electron chi connectivity index (χ2n) is 4.99. The summed E-state index contributed by atoms with van der Waals surface area (Å²) < 4.78 is 0. The summed E-state index contributed by atoms with van der Waals surface area (Å²) in [7, 11) is 0. The van der Waals surface area contributed by atoms with Crippen LogP contribution in [0.1, 0.15) is 17.7 Å². The van der Waals surface area contributed by atoms with Crippen molar-refractivity contribution in [2.45, 2.75) is 19.3 Å². The predicted molar refractivity (Wildman–Crippen MR) is 72.0 cm³/mol. The third kappa shape index (κ3) is 2.68. The molecular weight excluding hydrogens is 242 g/mol. The van der Waals surface area contributed by atoms with E-state index >= 15 is 0 Å². The number of carbonyl (C=O) groups is 1. The Bertz CT molecular complexity index is 470. The molecule has 3 rings (SSSR count). The molecule has 1 aliphatic heterocycles. The third-order valence-electron chi connectivity index (χ3n) is 3.75. The molecule has 2 N–H and O–H groups in total. The van der Waals surface area contributed by atoms with Gasteiger partial charge in [-0.1, -0.05) is 0 Å². The van der Waals surface area contributed by atoms with Crippen molar-refractivity contribution in [1.29, 1.82) is 0 Å². The Hall–Kier alpha value is -1.69. The van der Waals surface area contributed by atoms with Crippen molar-refractivity contribution in [2.75, 3.05) is 38.0 Å². The van der Waals surface area contributed by atoms with Crippen molar-refractivity contribution in [3.05, 3.63) is 17.6 Å². The fourth-order valence-electron chi connectivity index (χ4n) is 2.70. The first-order chi connectivity index (χ1) is 9.34. The molecule has 1 aromatic rings. The number of aryl methyl sites for hydroxylation is 1. The van der Waals surface area contributed by atoms with Crippen LogP contribution in [0.15, 0.2) is 6.33 Å². The zero-order chi connectivity index (χ0) is 13.1. The van der Waals surface area contributed by atoms with Crippen LogP contribution in [0, 0.1) is 0 Å². The molecule has 1 amide bonds. The van der Waals surface area contributed by atoms with Gasteiger partial charge in [-0.05, 0) is 19.3 Å². The van der Waals surface area contributed by atoms with Crippen molar-refractivity contribution >= 4 is 11.7 Å². The maximum absolute atomic E-state index is 12.1. The second-order valence-corrected chi connectivity index (χ2v) is 4.99. The van der Waals surface area contributed by atoms with E-state index in [9.17, 15) is 4.79 Å². The molecule has 1 fully saturated rings. The number of anilines is 1. The summed E-state index contributed by atoms with van der Waals surface area (Å²) in [4.78, 5) is 22.5. The predicted octanol–water partition coefficient (Wildman–Crippen LogP) is -0.191. The highest BCUT2D eigenvalue weighted by Crippen LogP contribution is 2.24. The van der Waals surface area contributed by atoms with Gasteiger partial charge in [0.2, 0.25) is 5.91 Å². The first-order valence-electron chi connectivity index (χ1n) is 6.90. The van der Waals surface area contributed by atoms with Gasteiger partial charge in [-0.3, -0.25) is 4.79 Å². The Balaban J connectivity index is 1.60. The zero-order valence-corrected chi connectivity index (χ0v) is 11.0. The van der Waals surface area contributed by atoms with E-state index in [2.05, 4.69) is 20.6 Å². The summed E-state index contributed by atoms with van der Waals surface area (Å²) in [5.41, 5.74) is 2.32. The van der Waals surface area contributed by atoms with Gasteiger partial charge in [-0.15, -0.1) is 0 Å². The number of nitrogens with zero attached hydrogens (tertiary/aromatic N) is 3. The van der Waals surface area contributed by atoms with E-state index in [1.807, 2.05) is 4.90 Å². The smallest absolute Gasteiger partial charge is 0.242 e. The van der Waals surface area contributed by atoms with Crippen molar-refractivity contribution in [3.8, 4) is 0 Å². The number of piperazine rings is 1. The fraction of sp³-hybridized carbons (Fsp3) is 0.615. The first kappa shape index (κ1) is 12.3. The monoisotopic (exact) mass is 261 g/mol. The Morgan fingerprint density at radius 2 is 2.16 bits per heavy atom. The highest BCUT2D eigenvalue weighted by Gasteiger charge is 2.19. The van der Waals surface area contributed by atoms with Crippen LogP contribution in [0.5, 0.6) is 0 Å². The van der Waals surface area contributed by atoms with Gasteiger partial charge in [-0.2, -0.15) is 0 Å². The molecule has 1 saturated heterocycles. The van der Waals surface area contributed by atoms with Gasteiger partial charge in [0.05, 0.1) is 6.54 Å². The third-order valence-corrected chi connectivity index (χ3v) is 3.75. The van der Waals surface area contributed by atoms with Crippen LogP contribution >= 0.6 is 0 Å². The quantitative estimate of drug-likeness (QED) is 0.789. The van der Waals surface area contributed by atoms with E-state index in [1.54, 1.807) is 6.33 Å². The highest BCUT2D eigenvalue weighted by molar-refractivity contribution is 5.81. The maximum atomic E-state index is 12.1. The largest absolute Gasteiger partial charge is 0.361 e. The molecule has 6 nitrogen and oxygen atoms in total. The number of amides is 1. The molecule has 6 heteroatoms. The van der Waals surface area contributed by atoms with Crippen LogP contribution in [0.2, 0.25) is 0 Å². The molecule has 19 heavy (non-hydrogen) atoms. The lowest BCUT2D eigenvalue weighted by Crippen LogP contribution is -2.48. The van der Waals surface area contributed by atoms with Crippen LogP contribution in [-0.4, -0.2) is 53.5 Å². The van der Waals surface area contributed by atoms with E-state index in [0.717, 1.165) is 57.0 Å². The molecule has 0 atom stereocenters. The van der Waals surface area contributed by atoms with Gasteiger partial charge < -0.3 is 15.5 Å². The highest BCUT2D eigenvalue weighted by atomic mass is 16.2. The number of hydrogen-bond acceptors (Lipinski definition) is 5. The number of rotatable bonds is 3. The SMILES string of the molecule is O=C(CNc1ncnc2c1CCC2)N1CCNCC1. The molecule has 1 aromatic heterocycles. The molecule has 2 aliphatic rings. The number of carbonyl (C=O) groups excluding carboxylic acids is 1. The van der Waals surface area contributed by atoms with Crippen molar-refractivity contribution in [3.63, 3.8) is 0 Å². The van der Waals surface area contributed by atoms with E-state index in [4.69, 9.17) is 0 Å². The fourth-order valence-corrected chi connectivity index (χ4v) is 2.70. The van der Waals surface area contributed by atoms with Gasteiger partial charge in [0.1, 0.15) is 12.1 Å². The van der Waals surface area contributed by atoms with Gasteiger partial charge in [0.25, 0.3) is 0 Å². The summed E-state index contributed by atoms with van der Waals surface area (Å²) in [6.45, 7) is 3.68. The average molecular weight is 261 g/mol. The Morgan fingerprint density at radius 3 is 3.00 bits per heavy atom. The number of fused-ring (bicyclic) bond motifs is 1. The first-order valence-corrected chi connectivity index (χ1v) is 6.90. The van der Waals surface area contributed by atoms with Crippen molar-refractivity contribution < 1.29 is 4.79 Å². The molecule has 102 valence electrons. The minimum atomic E-state index is 0.145. The summed E-state index contributed by atoms with van der Waals surface area (Å²) in [5, 5.41) is 6.42. The molecule has 0 spiro atoms. The van der Waals surface area contributed by atoms with E-state index < -0.39 is 0 Å². The molecule has 0 unspecified atom stereocenters. The topological polar surface area (TPSA) is 70.2 Å². The Morgan fingerprint density at radius 1 is 1.32 bits per heavy atom. The number of nitrogens with one attached hydrogen (secondary N) is 2. The Labute approximate surface area is 112 Å². The maximum Gasteiger partial charge on any atom is 0.242 e. The van der Waals surface area contributed by atoms with Crippen LogP contribution < -0.4 is 10.6 Å². The molecule has 0 radical (unpaired) electrons. The molecule has 0 saturated carbocycles. The van der Waals surface area contributed by atoms with Gasteiger partial charge in [0.15, 0.2) is 0 Å². The van der Waals surface area contributed by atoms with E-state index in [-0.39, 0.29) is 5.91 Å². The van der Waals surface area contributed by atoms with E-state index in [1.165, 1.54) is 5.56 Å². The lowest BCUT2D eigenvalue weighted by Gasteiger charge is -2.27. The zero-order valence-electron chi connectivity index (χ0n) is 11.0. The molecule has 1 aliphatic carbocycles. The minimum Gasteiger partial charge on any atom is -0.361 e. The average Bonchev–Trinajstić information content (AvgIpc) is 2.94. The molecule has 2 heterocycles. The molecule has 0 aromatic carbocycles. The van der Waals surface area contributed by atoms with Crippen molar-refractivity contribution in [2.24, 2.45) is 0 Å². The Kier molecular flexibility index (Phi) is 3.59. The summed E-state index contributed by atoms with van der Waals surface area (Å²) >= 11 is 0. The van der Waals surface area contributed by atoms with Gasteiger partial charge in [0, 0.05) is 37.4 Å². The minimum absolute atomic E-state index is 0.145. The van der Waals surface area contributed by atoms with Crippen LogP contribution in [0.4, 0.5) is 5.82 Å². The van der Waals surface area contributed by atoms with Crippen LogP contribution in [0.3, 0.4) is 0 Å². The molecular formula is C13H19N5O. The van der Waals surface area contributed by atoms with Gasteiger partial charge >= 0.3 is 0 Å². The van der Waals surface area contributed by atoms with E-state index in [0.29, 0.717) is 6.54 Å². The standard InChI is InChI=1S/C13H19N5O/c19-12(18-6-4-14-5-7-18)8-15-13-10-2-1-3-11(10)16-9-17-13/h9,14H,1-8H2,(H,15,16,17). The second kappa shape index (κ2) is 5.52. The lowest BCUT2D eigenvalue weighted by molar-refractivity contribution is -0.129. The number of hydrogen-bond donors (Lipinski definition) is 2. The summed E-state index contributed by atoms with van der Waals surface area (Å²) in [6.07, 6.45) is 4.76. The van der Waals surface area contributed by atoms with Crippen LogP contribution in [-0.2, 0) is 17.6 Å². The lowest BCUT2D eigenvalue weighted by atomic mass is 10.2. The van der Waals surface area contributed by atoms with Crippen LogP contribution in [0.25, 0.3) is 0 Å². The summed E-state index contributed by atoms with van der Waals surface area (Å²) in [6, 6.07) is 0. The number of aromatic nitrogens is 2. The normalized spacial score (nSPS) is 18.2. The summed E-state index contributed by atoms with van der Waals surface area (Å²) in [5.74, 6) is 0.984. The van der Waals surface area contributed by atoms with Gasteiger partial charge in [-0.25, -0.2) is 9.97 Å². The molecule has 0 bridgehead atoms.